The van der Waals surface area contributed by atoms with Crippen LogP contribution in [-0.4, -0.2) is 35.9 Å². The van der Waals surface area contributed by atoms with E-state index < -0.39 is 79.1 Å². The maximum atomic E-state index is 14.8. The van der Waals surface area contributed by atoms with Crippen molar-refractivity contribution >= 4 is 28.0 Å². The van der Waals surface area contributed by atoms with E-state index >= 15 is 0 Å². The Morgan fingerprint density at radius 3 is 1.92 bits per heavy atom. The zero-order valence-electron chi connectivity index (χ0n) is 18.3. The molecule has 1 fully saturated rings. The average molecular weight is 569 g/mol. The van der Waals surface area contributed by atoms with Gasteiger partial charge in [0.15, 0.2) is 0 Å². The molecule has 0 saturated carbocycles. The highest BCUT2D eigenvalue weighted by molar-refractivity contribution is 8.45. The molecule has 17 heteroatoms. The number of carbonyl (C=O) groups is 2. The van der Waals surface area contributed by atoms with Crippen molar-refractivity contribution in [3.8, 4) is 0 Å². The van der Waals surface area contributed by atoms with Crippen LogP contribution in [0.5, 0.6) is 0 Å². The summed E-state index contributed by atoms with van der Waals surface area (Å²) >= 11 is 0. The standard InChI is InChI=1S/C20H14F11N3O2S/c1-19(15-12(22)7-10(21)8-13(15)23)14(9-3-5-11(6-4-9)37(27,28,29,30)31)16(35)34(2)18(33-19)32-17(36)20(24,25)26/h3-8,14H,1-2H3,(H,32,33,36)/t14-,19+/m1/s1. The van der Waals surface area contributed by atoms with Crippen molar-refractivity contribution in [1.29, 1.82) is 0 Å². The molecular weight excluding hydrogens is 555 g/mol. The van der Waals surface area contributed by atoms with Crippen LogP contribution >= 0.6 is 10.2 Å². The molecule has 3 rings (SSSR count). The molecule has 1 heterocycles. The van der Waals surface area contributed by atoms with E-state index in [4.69, 9.17) is 0 Å². The highest BCUT2D eigenvalue weighted by Crippen LogP contribution is 3.02. The molecule has 2 atom stereocenters. The van der Waals surface area contributed by atoms with Crippen molar-refractivity contribution in [1.82, 2.24) is 10.2 Å². The summed E-state index contributed by atoms with van der Waals surface area (Å²) in [6, 6.07) is 0.954. The first-order valence-corrected chi connectivity index (χ1v) is 11.7. The lowest BCUT2D eigenvalue weighted by Gasteiger charge is -2.46. The third-order valence-electron chi connectivity index (χ3n) is 5.48. The first-order valence-electron chi connectivity index (χ1n) is 9.70. The first kappa shape index (κ1) is 28.2. The van der Waals surface area contributed by atoms with Crippen molar-refractivity contribution in [3.63, 3.8) is 0 Å². The molecule has 0 unspecified atom stereocenters. The highest BCUT2D eigenvalue weighted by atomic mass is 32.5. The first-order chi connectivity index (χ1) is 16.5. The summed E-state index contributed by atoms with van der Waals surface area (Å²) in [5.41, 5.74) is -4.27. The van der Waals surface area contributed by atoms with E-state index in [-0.39, 0.29) is 24.3 Å². The van der Waals surface area contributed by atoms with Crippen LogP contribution in [0.1, 0.15) is 24.0 Å². The quantitative estimate of drug-likeness (QED) is 0.444. The van der Waals surface area contributed by atoms with Gasteiger partial charge in [-0.05, 0) is 24.6 Å². The van der Waals surface area contributed by atoms with Gasteiger partial charge >= 0.3 is 22.3 Å². The second-order valence-corrected chi connectivity index (χ2v) is 10.6. The van der Waals surface area contributed by atoms with E-state index in [1.807, 2.05) is 0 Å². The predicted octanol–water partition coefficient (Wildman–Crippen LogP) is 6.27. The molecule has 37 heavy (non-hydrogen) atoms. The van der Waals surface area contributed by atoms with E-state index in [1.54, 1.807) is 0 Å². The molecule has 0 radical (unpaired) electrons. The number of aliphatic imine (C=N–C) groups is 1. The third-order valence-corrected chi connectivity index (χ3v) is 6.64. The van der Waals surface area contributed by atoms with Crippen molar-refractivity contribution in [2.24, 2.45) is 4.99 Å². The lowest BCUT2D eigenvalue weighted by molar-refractivity contribution is -0.169. The van der Waals surface area contributed by atoms with E-state index in [2.05, 4.69) is 10.3 Å². The third kappa shape index (κ3) is 5.35. The SMILES string of the molecule is CN1C(=O)[C@@H](c2ccc(S(F)(F)(F)(F)F)cc2)[C@@](C)(c2c(F)cc(F)cc2F)N/C1=N/C(=O)C(F)(F)F. The molecule has 1 saturated heterocycles. The maximum Gasteiger partial charge on any atom is 0.473 e. The van der Waals surface area contributed by atoms with Gasteiger partial charge in [-0.3, -0.25) is 14.5 Å². The van der Waals surface area contributed by atoms with Crippen LogP contribution in [0.4, 0.5) is 45.8 Å². The molecule has 0 bridgehead atoms. The Hall–Kier alpha value is -3.37. The van der Waals surface area contributed by atoms with E-state index in [0.717, 1.165) is 14.0 Å². The summed E-state index contributed by atoms with van der Waals surface area (Å²) in [7, 11) is -9.38. The summed E-state index contributed by atoms with van der Waals surface area (Å²) in [5, 5.41) is 2.11. The Morgan fingerprint density at radius 1 is 1.00 bits per heavy atom. The van der Waals surface area contributed by atoms with Crippen molar-refractivity contribution in [3.05, 3.63) is 65.0 Å². The van der Waals surface area contributed by atoms with Crippen LogP contribution in [0.15, 0.2) is 46.3 Å². The summed E-state index contributed by atoms with van der Waals surface area (Å²) in [4.78, 5) is 25.2. The number of likely N-dealkylation sites (N-methyl/N-ethyl adjacent to an activating group) is 1. The van der Waals surface area contributed by atoms with Crippen LogP contribution < -0.4 is 5.32 Å². The maximum absolute atomic E-state index is 14.8. The molecule has 5 nitrogen and oxygen atoms in total. The minimum atomic E-state index is -10.2. The van der Waals surface area contributed by atoms with Gasteiger partial charge in [-0.25, -0.2) is 13.2 Å². The molecule has 0 spiro atoms. The predicted molar refractivity (Wildman–Crippen MR) is 109 cm³/mol. The normalized spacial score (nSPS) is 23.9. The molecule has 2 aromatic rings. The summed E-state index contributed by atoms with van der Waals surface area (Å²) in [6.07, 6.45) is -5.53. The van der Waals surface area contributed by atoms with Gasteiger partial charge in [0, 0.05) is 24.7 Å². The number of alkyl halides is 3. The van der Waals surface area contributed by atoms with Gasteiger partial charge < -0.3 is 5.32 Å². The Kier molecular flexibility index (Phi) is 5.96. The molecular formula is C20H14F11N3O2S. The number of guanidine groups is 1. The zero-order valence-corrected chi connectivity index (χ0v) is 19.1. The summed E-state index contributed by atoms with van der Waals surface area (Å²) in [5.74, 6) is -12.0. The van der Waals surface area contributed by atoms with Gasteiger partial charge in [0.2, 0.25) is 11.9 Å². The van der Waals surface area contributed by atoms with Crippen molar-refractivity contribution in [2.75, 3.05) is 7.05 Å². The van der Waals surface area contributed by atoms with Crippen LogP contribution in [0.3, 0.4) is 0 Å². The monoisotopic (exact) mass is 569 g/mol. The number of benzene rings is 2. The number of rotatable bonds is 3. The average Bonchev–Trinajstić information content (AvgIpc) is 2.69. The summed E-state index contributed by atoms with van der Waals surface area (Å²) < 4.78 is 147. The van der Waals surface area contributed by atoms with Crippen LogP contribution in [0.25, 0.3) is 0 Å². The van der Waals surface area contributed by atoms with Gasteiger partial charge in [-0.1, -0.05) is 31.6 Å². The van der Waals surface area contributed by atoms with Gasteiger partial charge in [0.25, 0.3) is 0 Å². The van der Waals surface area contributed by atoms with Gasteiger partial charge in [-0.15, -0.1) is 0 Å². The minimum Gasteiger partial charge on any atom is -0.345 e. The number of hydrogen-bond acceptors (Lipinski definition) is 2. The second-order valence-electron chi connectivity index (χ2n) is 8.18. The Balaban J connectivity index is 2.27. The molecule has 2 amide bonds. The molecule has 0 aromatic heterocycles. The van der Waals surface area contributed by atoms with Crippen LogP contribution in [0.2, 0.25) is 0 Å². The van der Waals surface area contributed by atoms with Crippen molar-refractivity contribution in [2.45, 2.75) is 29.5 Å². The van der Waals surface area contributed by atoms with Crippen LogP contribution in [-0.2, 0) is 15.1 Å². The lowest BCUT2D eigenvalue weighted by atomic mass is 9.73. The number of nitrogens with zero attached hydrogens (tertiary/aromatic N) is 2. The molecule has 0 aliphatic carbocycles. The Labute approximate surface area is 200 Å². The van der Waals surface area contributed by atoms with Crippen molar-refractivity contribution < 1.29 is 55.4 Å². The smallest absolute Gasteiger partial charge is 0.345 e. The number of amides is 2. The fraction of sp³-hybridized carbons (Fsp3) is 0.250. The second kappa shape index (κ2) is 7.82. The number of nitrogens with one attached hydrogen (secondary N) is 1. The molecule has 204 valence electrons. The highest BCUT2D eigenvalue weighted by Gasteiger charge is 2.65. The molecule has 1 N–H and O–H groups in total. The molecule has 1 aliphatic heterocycles. The molecule has 1 aliphatic rings. The van der Waals surface area contributed by atoms with Gasteiger partial charge in [0.05, 0.1) is 11.5 Å². The molecule has 2 aromatic carbocycles. The Bertz CT molecular complexity index is 1300. The number of hydrogen-bond donors (Lipinski definition) is 1. The fourth-order valence-corrected chi connectivity index (χ4v) is 4.48. The lowest BCUT2D eigenvalue weighted by Crippen LogP contribution is -2.63. The number of halogens is 11. The van der Waals surface area contributed by atoms with E-state index in [0.29, 0.717) is 17.0 Å². The fourth-order valence-electron chi connectivity index (χ4n) is 3.83. The Morgan fingerprint density at radius 2 is 1.49 bits per heavy atom. The summed E-state index contributed by atoms with van der Waals surface area (Å²) in [6.45, 7) is 0.813. The van der Waals surface area contributed by atoms with Gasteiger partial charge in [-0.2, -0.15) is 18.2 Å². The zero-order chi connectivity index (χ0) is 28.4. The van der Waals surface area contributed by atoms with Crippen LogP contribution in [0, 0.1) is 17.5 Å². The van der Waals surface area contributed by atoms with E-state index in [1.165, 1.54) is 0 Å². The minimum absolute atomic E-state index is 0.0846. The van der Waals surface area contributed by atoms with E-state index in [9.17, 15) is 55.4 Å². The largest absolute Gasteiger partial charge is 0.473 e. The topological polar surface area (TPSA) is 61.8 Å². The number of carbonyl (C=O) groups excluding carboxylic acids is 2. The van der Waals surface area contributed by atoms with Gasteiger partial charge in [0.1, 0.15) is 22.3 Å².